The smallest absolute Gasteiger partial charge is 0.310 e. The Morgan fingerprint density at radius 2 is 1.93 bits per heavy atom. The van der Waals surface area contributed by atoms with Crippen LogP contribution in [0.5, 0.6) is 0 Å². The molecule has 1 N–H and O–H groups in total. The molecule has 6 heteroatoms. The molecule has 4 aliphatic heterocycles. The Kier molecular flexibility index (Phi) is 4.10. The van der Waals surface area contributed by atoms with Crippen molar-refractivity contribution in [2.75, 3.05) is 18.0 Å². The lowest BCUT2D eigenvalue weighted by atomic mass is 9.75. The van der Waals surface area contributed by atoms with Crippen molar-refractivity contribution in [2.45, 2.75) is 50.5 Å². The number of nitrogens with zero attached hydrogens (tertiary/aromatic N) is 2. The molecule has 0 aromatic heterocycles. The maximum Gasteiger partial charge on any atom is 0.310 e. The highest BCUT2D eigenvalue weighted by molar-refractivity contribution is 6.03. The van der Waals surface area contributed by atoms with E-state index in [0.717, 1.165) is 25.3 Å². The molecule has 2 bridgehead atoms. The summed E-state index contributed by atoms with van der Waals surface area (Å²) in [5.41, 5.74) is 1.23. The van der Waals surface area contributed by atoms with Crippen LogP contribution >= 0.6 is 0 Å². The topological polar surface area (TPSA) is 70.1 Å². The standard InChI is InChI=1S/C22H26N2O4/c1-14-22-10-9-17(28-22)18(21(26)27)19(22)20(25)24(14)16-7-5-15(6-8-16)13-23-11-3-2-4-12-23/h5-10,14,17-19H,2-4,11-13H2,1H3,(H,26,27). The van der Waals surface area contributed by atoms with Gasteiger partial charge in [-0.05, 0) is 50.6 Å². The zero-order valence-corrected chi connectivity index (χ0v) is 16.1. The van der Waals surface area contributed by atoms with Crippen LogP contribution in [0.3, 0.4) is 0 Å². The van der Waals surface area contributed by atoms with Crippen LogP contribution in [-0.2, 0) is 20.9 Å². The summed E-state index contributed by atoms with van der Waals surface area (Å²) in [6.45, 7) is 5.19. The highest BCUT2D eigenvalue weighted by Crippen LogP contribution is 2.55. The van der Waals surface area contributed by atoms with Gasteiger partial charge in [0.15, 0.2) is 0 Å². The molecule has 5 rings (SSSR count). The summed E-state index contributed by atoms with van der Waals surface area (Å²) in [6.07, 6.45) is 7.07. The Bertz CT molecular complexity index is 829. The highest BCUT2D eigenvalue weighted by Gasteiger charge is 2.70. The molecular weight excluding hydrogens is 356 g/mol. The molecule has 3 saturated heterocycles. The van der Waals surface area contributed by atoms with E-state index in [1.807, 2.05) is 31.2 Å². The second-order valence-electron chi connectivity index (χ2n) is 8.52. The number of carboxylic acid groups (broad SMARTS) is 1. The van der Waals surface area contributed by atoms with Gasteiger partial charge in [-0.2, -0.15) is 0 Å². The normalized spacial score (nSPS) is 36.9. The molecule has 1 aromatic rings. The molecule has 1 spiro atoms. The molecule has 6 nitrogen and oxygen atoms in total. The predicted molar refractivity (Wildman–Crippen MR) is 104 cm³/mol. The molecule has 5 atom stereocenters. The number of fused-ring (bicyclic) bond motifs is 1. The molecule has 4 aliphatic rings. The lowest BCUT2D eigenvalue weighted by molar-refractivity contribution is -0.146. The van der Waals surface area contributed by atoms with E-state index in [9.17, 15) is 14.7 Å². The van der Waals surface area contributed by atoms with Crippen LogP contribution in [0.15, 0.2) is 36.4 Å². The minimum atomic E-state index is -0.958. The average Bonchev–Trinajstić information content (AvgIpc) is 3.33. The number of amides is 1. The Morgan fingerprint density at radius 1 is 1.21 bits per heavy atom. The van der Waals surface area contributed by atoms with Crippen LogP contribution in [0.2, 0.25) is 0 Å². The van der Waals surface area contributed by atoms with Crippen molar-refractivity contribution in [1.82, 2.24) is 4.90 Å². The lowest BCUT2D eigenvalue weighted by Crippen LogP contribution is -2.43. The Hall–Kier alpha value is -2.18. The molecule has 1 amide bonds. The fourth-order valence-corrected chi connectivity index (χ4v) is 5.56. The number of benzene rings is 1. The third-order valence-electron chi connectivity index (χ3n) is 6.98. The third-order valence-corrected chi connectivity index (χ3v) is 6.98. The van der Waals surface area contributed by atoms with E-state index in [0.29, 0.717) is 0 Å². The van der Waals surface area contributed by atoms with E-state index in [4.69, 9.17) is 4.74 Å². The van der Waals surface area contributed by atoms with Crippen LogP contribution < -0.4 is 4.90 Å². The van der Waals surface area contributed by atoms with Crippen LogP contribution in [0.4, 0.5) is 5.69 Å². The molecule has 4 heterocycles. The number of aliphatic carboxylic acids is 1. The van der Waals surface area contributed by atoms with E-state index in [2.05, 4.69) is 17.0 Å². The first-order chi connectivity index (χ1) is 13.5. The third kappa shape index (κ3) is 2.47. The highest BCUT2D eigenvalue weighted by atomic mass is 16.5. The van der Waals surface area contributed by atoms with Crippen molar-refractivity contribution in [2.24, 2.45) is 11.8 Å². The van der Waals surface area contributed by atoms with Crippen LogP contribution in [-0.4, -0.2) is 52.7 Å². The predicted octanol–water partition coefficient (Wildman–Crippen LogP) is 2.43. The van der Waals surface area contributed by atoms with Crippen molar-refractivity contribution in [1.29, 1.82) is 0 Å². The number of rotatable bonds is 4. The minimum absolute atomic E-state index is 0.143. The van der Waals surface area contributed by atoms with E-state index >= 15 is 0 Å². The first kappa shape index (κ1) is 17.9. The van der Waals surface area contributed by atoms with E-state index in [-0.39, 0.29) is 11.9 Å². The number of hydrogen-bond acceptors (Lipinski definition) is 4. The first-order valence-electron chi connectivity index (χ1n) is 10.3. The van der Waals surface area contributed by atoms with Gasteiger partial charge >= 0.3 is 5.97 Å². The van der Waals surface area contributed by atoms with Gasteiger partial charge < -0.3 is 14.7 Å². The number of piperidine rings is 1. The maximum atomic E-state index is 13.2. The van der Waals surface area contributed by atoms with Gasteiger partial charge in [0, 0.05) is 12.2 Å². The fourth-order valence-electron chi connectivity index (χ4n) is 5.56. The Morgan fingerprint density at radius 3 is 2.61 bits per heavy atom. The molecule has 28 heavy (non-hydrogen) atoms. The van der Waals surface area contributed by atoms with Crippen molar-refractivity contribution >= 4 is 17.6 Å². The SMILES string of the molecule is CC1N(c2ccc(CN3CCCCC3)cc2)C(=O)C2C(C(=O)O)C3C=CC21O3. The van der Waals surface area contributed by atoms with E-state index in [1.165, 1.54) is 24.8 Å². The Labute approximate surface area is 164 Å². The van der Waals surface area contributed by atoms with Gasteiger partial charge in [-0.25, -0.2) is 0 Å². The van der Waals surface area contributed by atoms with Crippen molar-refractivity contribution < 1.29 is 19.4 Å². The quantitative estimate of drug-likeness (QED) is 0.810. The number of carbonyl (C=O) groups excluding carboxylic acids is 1. The van der Waals surface area contributed by atoms with Crippen LogP contribution in [0, 0.1) is 11.8 Å². The van der Waals surface area contributed by atoms with Crippen molar-refractivity contribution in [3.63, 3.8) is 0 Å². The largest absolute Gasteiger partial charge is 0.481 e. The van der Waals surface area contributed by atoms with E-state index < -0.39 is 29.5 Å². The number of likely N-dealkylation sites (tertiary alicyclic amines) is 1. The molecule has 3 fully saturated rings. The van der Waals surface area contributed by atoms with Crippen molar-refractivity contribution in [3.8, 4) is 0 Å². The molecule has 0 radical (unpaired) electrons. The van der Waals surface area contributed by atoms with Gasteiger partial charge in [0.05, 0.1) is 18.1 Å². The van der Waals surface area contributed by atoms with Gasteiger partial charge in [0.2, 0.25) is 5.91 Å². The summed E-state index contributed by atoms with van der Waals surface area (Å²) in [7, 11) is 0. The molecule has 5 unspecified atom stereocenters. The van der Waals surface area contributed by atoms with Gasteiger partial charge in [-0.15, -0.1) is 0 Å². The summed E-state index contributed by atoms with van der Waals surface area (Å²) >= 11 is 0. The lowest BCUT2D eigenvalue weighted by Gasteiger charge is -2.30. The second-order valence-corrected chi connectivity index (χ2v) is 8.52. The zero-order chi connectivity index (χ0) is 19.5. The molecule has 148 valence electrons. The van der Waals surface area contributed by atoms with Crippen LogP contribution in [0.25, 0.3) is 0 Å². The van der Waals surface area contributed by atoms with Gasteiger partial charge in [0.25, 0.3) is 0 Å². The first-order valence-corrected chi connectivity index (χ1v) is 10.3. The fraction of sp³-hybridized carbons (Fsp3) is 0.545. The van der Waals surface area contributed by atoms with Gasteiger partial charge in [-0.3, -0.25) is 14.5 Å². The molecule has 0 aliphatic carbocycles. The van der Waals surface area contributed by atoms with Crippen molar-refractivity contribution in [3.05, 3.63) is 42.0 Å². The summed E-state index contributed by atoms with van der Waals surface area (Å²) < 4.78 is 6.06. The molecule has 0 saturated carbocycles. The number of carboxylic acids is 1. The Balaban J connectivity index is 1.39. The summed E-state index contributed by atoms with van der Waals surface area (Å²) in [5.74, 6) is -2.55. The zero-order valence-electron chi connectivity index (χ0n) is 16.1. The number of hydrogen-bond donors (Lipinski definition) is 1. The van der Waals surface area contributed by atoms with Gasteiger partial charge in [-0.1, -0.05) is 30.7 Å². The number of anilines is 1. The van der Waals surface area contributed by atoms with Gasteiger partial charge in [0.1, 0.15) is 11.5 Å². The van der Waals surface area contributed by atoms with E-state index in [1.54, 1.807) is 4.90 Å². The number of ether oxygens (including phenoxy) is 1. The summed E-state index contributed by atoms with van der Waals surface area (Å²) in [5, 5.41) is 9.64. The molecule has 1 aromatic carbocycles. The second kappa shape index (κ2) is 6.42. The average molecular weight is 382 g/mol. The molecular formula is C22H26N2O4. The minimum Gasteiger partial charge on any atom is -0.481 e. The van der Waals surface area contributed by atoms with Crippen LogP contribution in [0.1, 0.15) is 31.7 Å². The monoisotopic (exact) mass is 382 g/mol. The summed E-state index contributed by atoms with van der Waals surface area (Å²) in [4.78, 5) is 29.2. The summed E-state index contributed by atoms with van der Waals surface area (Å²) in [6, 6.07) is 7.90. The maximum absolute atomic E-state index is 13.2. The number of carbonyl (C=O) groups is 2.